The Bertz CT molecular complexity index is 1380. The molecule has 46 heavy (non-hydrogen) atoms. The van der Waals surface area contributed by atoms with Crippen LogP contribution in [0.4, 0.5) is 9.59 Å². The summed E-state index contributed by atoms with van der Waals surface area (Å²) in [5.41, 5.74) is 2.93. The van der Waals surface area contributed by atoms with Gasteiger partial charge in [-0.1, -0.05) is 80.9 Å². The molecule has 1 heterocycles. The number of pyridine rings is 1. The number of ether oxygens (including phenoxy) is 2. The summed E-state index contributed by atoms with van der Waals surface area (Å²) < 4.78 is 10.3. The molecule has 0 unspecified atom stereocenters. The van der Waals surface area contributed by atoms with Crippen molar-refractivity contribution in [3.05, 3.63) is 90.1 Å². The van der Waals surface area contributed by atoms with Gasteiger partial charge in [-0.15, -0.1) is 0 Å². The van der Waals surface area contributed by atoms with E-state index in [-0.39, 0.29) is 18.2 Å². The first kappa shape index (κ1) is 36.0. The van der Waals surface area contributed by atoms with Crippen molar-refractivity contribution >= 4 is 18.1 Å². The molecular formula is C36H48N4O6. The minimum Gasteiger partial charge on any atom is -0.453 e. The summed E-state index contributed by atoms with van der Waals surface area (Å²) in [7, 11) is 1.25. The fourth-order valence-corrected chi connectivity index (χ4v) is 5.07. The Morgan fingerprint density at radius 2 is 1.50 bits per heavy atom. The van der Waals surface area contributed by atoms with Gasteiger partial charge in [0.15, 0.2) is 0 Å². The zero-order chi connectivity index (χ0) is 33.7. The van der Waals surface area contributed by atoms with E-state index in [0.717, 1.165) is 22.4 Å². The molecular weight excluding hydrogens is 584 g/mol. The van der Waals surface area contributed by atoms with Crippen LogP contribution in [0.1, 0.15) is 58.6 Å². The van der Waals surface area contributed by atoms with Gasteiger partial charge < -0.3 is 30.5 Å². The zero-order valence-electron chi connectivity index (χ0n) is 27.7. The number of methoxy groups -OCH3 is 1. The molecule has 248 valence electrons. The van der Waals surface area contributed by atoms with Crippen LogP contribution in [-0.4, -0.2) is 65.1 Å². The first-order valence-corrected chi connectivity index (χ1v) is 15.7. The third-order valence-electron chi connectivity index (χ3n) is 7.69. The van der Waals surface area contributed by atoms with Crippen LogP contribution in [-0.2, 0) is 27.1 Å². The number of benzene rings is 2. The van der Waals surface area contributed by atoms with Gasteiger partial charge in [0.2, 0.25) is 5.91 Å². The standard InChI is InChI=1S/C36H48N4O6/c1-7-24(2)32(40-34(43)45-6)33(42)38-28(21-26-16-18-27(19-17-26)29-15-11-12-20-37-29)23-31(41)30(22-25-13-9-8-10-14-25)39-35(44)46-36(3,4)5/h8-20,24,28,30-32,41H,7,21-23H2,1-6H3,(H,38,42)(H,39,44)(H,40,43)/t24-,28-,30-,31-,32-/m0/s1. The van der Waals surface area contributed by atoms with Crippen molar-refractivity contribution in [1.29, 1.82) is 0 Å². The highest BCUT2D eigenvalue weighted by molar-refractivity contribution is 5.86. The minimum atomic E-state index is -1.05. The summed E-state index contributed by atoms with van der Waals surface area (Å²) in [6, 6.07) is 21.0. The molecule has 0 aliphatic rings. The first-order valence-electron chi connectivity index (χ1n) is 15.7. The number of alkyl carbamates (subject to hydrolysis) is 2. The predicted molar refractivity (Wildman–Crippen MR) is 178 cm³/mol. The van der Waals surface area contributed by atoms with Crippen LogP contribution in [0.3, 0.4) is 0 Å². The minimum absolute atomic E-state index is 0.118. The maximum atomic E-state index is 13.7. The molecule has 0 aliphatic carbocycles. The van der Waals surface area contributed by atoms with Crippen LogP contribution in [0.2, 0.25) is 0 Å². The summed E-state index contributed by atoms with van der Waals surface area (Å²) in [5.74, 6) is -0.566. The summed E-state index contributed by atoms with van der Waals surface area (Å²) >= 11 is 0. The summed E-state index contributed by atoms with van der Waals surface area (Å²) in [6.07, 6.45) is 0.839. The van der Waals surface area contributed by atoms with Gasteiger partial charge in [-0.25, -0.2) is 9.59 Å². The van der Waals surface area contributed by atoms with Gasteiger partial charge in [-0.2, -0.15) is 0 Å². The van der Waals surface area contributed by atoms with E-state index in [1.54, 1.807) is 27.0 Å². The zero-order valence-corrected chi connectivity index (χ0v) is 27.7. The summed E-state index contributed by atoms with van der Waals surface area (Å²) in [5, 5.41) is 20.2. The van der Waals surface area contributed by atoms with Gasteiger partial charge in [0.05, 0.1) is 24.9 Å². The van der Waals surface area contributed by atoms with Crippen LogP contribution < -0.4 is 16.0 Å². The molecule has 3 amide bonds. The van der Waals surface area contributed by atoms with Crippen molar-refractivity contribution in [2.45, 2.75) is 90.1 Å². The highest BCUT2D eigenvalue weighted by atomic mass is 16.6. The van der Waals surface area contributed by atoms with Crippen molar-refractivity contribution < 1.29 is 29.0 Å². The normalized spacial score (nSPS) is 14.6. The average Bonchev–Trinajstić information content (AvgIpc) is 3.03. The van der Waals surface area contributed by atoms with Crippen LogP contribution in [0.15, 0.2) is 79.0 Å². The van der Waals surface area contributed by atoms with E-state index < -0.39 is 42.0 Å². The number of aliphatic hydroxyl groups excluding tert-OH is 1. The molecule has 1 aromatic heterocycles. The molecule has 2 aromatic carbocycles. The Balaban J connectivity index is 1.88. The molecule has 0 radical (unpaired) electrons. The van der Waals surface area contributed by atoms with Gasteiger partial charge in [0, 0.05) is 17.8 Å². The third kappa shape index (κ3) is 11.8. The number of aromatic nitrogens is 1. The van der Waals surface area contributed by atoms with Crippen molar-refractivity contribution in [3.63, 3.8) is 0 Å². The Hall–Kier alpha value is -4.44. The van der Waals surface area contributed by atoms with Crippen LogP contribution in [0, 0.1) is 5.92 Å². The lowest BCUT2D eigenvalue weighted by atomic mass is 9.92. The van der Waals surface area contributed by atoms with E-state index in [1.165, 1.54) is 7.11 Å². The molecule has 3 aromatic rings. The molecule has 0 saturated carbocycles. The molecule has 0 bridgehead atoms. The van der Waals surface area contributed by atoms with E-state index in [9.17, 15) is 19.5 Å². The second-order valence-electron chi connectivity index (χ2n) is 12.6. The average molecular weight is 633 g/mol. The number of nitrogens with zero attached hydrogens (tertiary/aromatic N) is 1. The number of carbonyl (C=O) groups excluding carboxylic acids is 3. The Kier molecular flexibility index (Phi) is 13.6. The maximum absolute atomic E-state index is 13.7. The number of hydrogen-bond donors (Lipinski definition) is 4. The number of nitrogens with one attached hydrogen (secondary N) is 3. The quantitative estimate of drug-likeness (QED) is 0.186. The number of aliphatic hydroxyl groups is 1. The molecule has 0 fully saturated rings. The summed E-state index contributed by atoms with van der Waals surface area (Å²) in [4.78, 5) is 43.0. The van der Waals surface area contributed by atoms with E-state index >= 15 is 0 Å². The van der Waals surface area contributed by atoms with Crippen LogP contribution in [0.5, 0.6) is 0 Å². The number of carbonyl (C=O) groups is 3. The Labute approximate surface area is 272 Å². The van der Waals surface area contributed by atoms with Crippen molar-refractivity contribution in [2.24, 2.45) is 5.92 Å². The topological polar surface area (TPSA) is 139 Å². The van der Waals surface area contributed by atoms with Gasteiger partial charge in [-0.05, 0) is 69.2 Å². The highest BCUT2D eigenvalue weighted by Crippen LogP contribution is 2.20. The molecule has 10 heteroatoms. The van der Waals surface area contributed by atoms with Crippen LogP contribution >= 0.6 is 0 Å². The molecule has 10 nitrogen and oxygen atoms in total. The van der Waals surface area contributed by atoms with Gasteiger partial charge in [-0.3, -0.25) is 9.78 Å². The molecule has 0 aliphatic heterocycles. The summed E-state index contributed by atoms with van der Waals surface area (Å²) in [6.45, 7) is 9.13. The SMILES string of the molecule is CC[C@H](C)[C@H](NC(=O)OC)C(=O)N[C@@H](Cc1ccc(-c2ccccn2)cc1)C[C@H](O)[C@H](Cc1ccccc1)NC(=O)OC(C)(C)C. The lowest BCUT2D eigenvalue weighted by Gasteiger charge is -2.31. The van der Waals surface area contributed by atoms with Gasteiger partial charge >= 0.3 is 12.2 Å². The lowest BCUT2D eigenvalue weighted by Crippen LogP contribution is -2.54. The Morgan fingerprint density at radius 1 is 0.848 bits per heavy atom. The van der Waals surface area contributed by atoms with E-state index in [2.05, 4.69) is 20.9 Å². The van der Waals surface area contributed by atoms with Crippen LogP contribution in [0.25, 0.3) is 11.3 Å². The first-order chi connectivity index (χ1) is 21.9. The van der Waals surface area contributed by atoms with E-state index in [1.807, 2.05) is 86.6 Å². The van der Waals surface area contributed by atoms with Gasteiger partial charge in [0.25, 0.3) is 0 Å². The maximum Gasteiger partial charge on any atom is 0.407 e. The number of hydrogen-bond acceptors (Lipinski definition) is 7. The van der Waals surface area contributed by atoms with Crippen molar-refractivity contribution in [2.75, 3.05) is 7.11 Å². The van der Waals surface area contributed by atoms with E-state index in [4.69, 9.17) is 9.47 Å². The van der Waals surface area contributed by atoms with E-state index in [0.29, 0.717) is 19.3 Å². The second-order valence-corrected chi connectivity index (χ2v) is 12.6. The number of rotatable bonds is 14. The lowest BCUT2D eigenvalue weighted by molar-refractivity contribution is -0.125. The fraction of sp³-hybridized carbons (Fsp3) is 0.444. The van der Waals surface area contributed by atoms with Crippen molar-refractivity contribution in [3.8, 4) is 11.3 Å². The number of amides is 3. The van der Waals surface area contributed by atoms with Crippen molar-refractivity contribution in [1.82, 2.24) is 20.9 Å². The Morgan fingerprint density at radius 3 is 2.09 bits per heavy atom. The smallest absolute Gasteiger partial charge is 0.407 e. The third-order valence-corrected chi connectivity index (χ3v) is 7.69. The monoisotopic (exact) mass is 632 g/mol. The second kappa shape index (κ2) is 17.3. The molecule has 0 saturated heterocycles. The highest BCUT2D eigenvalue weighted by Gasteiger charge is 2.31. The predicted octanol–water partition coefficient (Wildman–Crippen LogP) is 5.43. The largest absolute Gasteiger partial charge is 0.453 e. The molecule has 5 atom stereocenters. The van der Waals surface area contributed by atoms with Gasteiger partial charge in [0.1, 0.15) is 11.6 Å². The molecule has 0 spiro atoms. The molecule has 3 rings (SSSR count). The fourth-order valence-electron chi connectivity index (χ4n) is 5.07. The molecule has 4 N–H and O–H groups in total.